The molecule has 0 bridgehead atoms. The summed E-state index contributed by atoms with van der Waals surface area (Å²) in [6.07, 6.45) is 1.60. The highest BCUT2D eigenvalue weighted by Crippen LogP contribution is 2.30. The normalized spacial score (nSPS) is 17.2. The van der Waals surface area contributed by atoms with Gasteiger partial charge in [0, 0.05) is 16.1 Å². The lowest BCUT2D eigenvalue weighted by atomic mass is 10.1. The van der Waals surface area contributed by atoms with Gasteiger partial charge in [-0.3, -0.25) is 4.79 Å². The van der Waals surface area contributed by atoms with Crippen molar-refractivity contribution in [2.24, 2.45) is 0 Å². The number of nitrogens with zero attached hydrogens (tertiary/aromatic N) is 1. The number of rotatable bonds is 6. The molecule has 0 aliphatic carbocycles. The van der Waals surface area contributed by atoms with Gasteiger partial charge in [0.25, 0.3) is 0 Å². The van der Waals surface area contributed by atoms with E-state index in [-0.39, 0.29) is 18.1 Å². The number of hydrogen-bond donors (Lipinski definition) is 0. The van der Waals surface area contributed by atoms with Gasteiger partial charge in [-0.2, -0.15) is 0 Å². The van der Waals surface area contributed by atoms with E-state index >= 15 is 0 Å². The fraction of sp³-hybridized carbons (Fsp3) is 0.286. The van der Waals surface area contributed by atoms with Crippen LogP contribution in [0.15, 0.2) is 47.9 Å². The zero-order valence-electron chi connectivity index (χ0n) is 16.4. The number of benzene rings is 2. The fourth-order valence-corrected chi connectivity index (χ4v) is 4.67. The van der Waals surface area contributed by atoms with E-state index in [1.807, 2.05) is 13.0 Å². The Kier molecular flexibility index (Phi) is 6.19. The van der Waals surface area contributed by atoms with Gasteiger partial charge in [-0.25, -0.2) is 8.42 Å². The molecule has 29 heavy (non-hydrogen) atoms. The Labute approximate surface area is 175 Å². The topological polar surface area (TPSA) is 72.9 Å². The van der Waals surface area contributed by atoms with Gasteiger partial charge in [-0.05, 0) is 48.4 Å². The Morgan fingerprint density at radius 3 is 2.45 bits per heavy atom. The molecule has 6 nitrogen and oxygen atoms in total. The van der Waals surface area contributed by atoms with Crippen molar-refractivity contribution < 1.29 is 22.7 Å². The molecule has 2 aromatic rings. The van der Waals surface area contributed by atoms with Crippen LogP contribution >= 0.6 is 11.6 Å². The lowest BCUT2D eigenvalue weighted by molar-refractivity contribution is -0.118. The molecule has 0 fully saturated rings. The van der Waals surface area contributed by atoms with Gasteiger partial charge in [-0.15, -0.1) is 0 Å². The third-order valence-electron chi connectivity index (χ3n) is 4.75. The molecule has 1 aliphatic rings. The lowest BCUT2D eigenvalue weighted by Crippen LogP contribution is -2.42. The number of methoxy groups -OCH3 is 2. The van der Waals surface area contributed by atoms with Crippen LogP contribution in [0, 0.1) is 6.92 Å². The number of sulfone groups is 1. The number of halogens is 1. The molecular formula is C21H22ClNO5S. The minimum atomic E-state index is -3.34. The molecule has 154 valence electrons. The van der Waals surface area contributed by atoms with Crippen LogP contribution < -0.4 is 14.4 Å². The molecule has 3 rings (SSSR count). The summed E-state index contributed by atoms with van der Waals surface area (Å²) in [5.74, 6) is 0.682. The van der Waals surface area contributed by atoms with Crippen LogP contribution in [-0.4, -0.2) is 40.3 Å². The van der Waals surface area contributed by atoms with E-state index in [2.05, 4.69) is 0 Å². The summed E-state index contributed by atoms with van der Waals surface area (Å²) in [5, 5.41) is 1.67. The average molecular weight is 436 g/mol. The molecule has 1 atom stereocenters. The van der Waals surface area contributed by atoms with Crippen LogP contribution in [0.5, 0.6) is 11.5 Å². The molecule has 0 spiro atoms. The highest BCUT2D eigenvalue weighted by molar-refractivity contribution is 7.94. The molecule has 0 radical (unpaired) electrons. The number of carbonyl (C=O) groups is 1. The van der Waals surface area contributed by atoms with E-state index < -0.39 is 15.9 Å². The minimum absolute atomic E-state index is 0.0657. The first-order valence-electron chi connectivity index (χ1n) is 8.94. The van der Waals surface area contributed by atoms with Crippen molar-refractivity contribution in [2.75, 3.05) is 24.9 Å². The molecule has 0 aromatic heterocycles. The van der Waals surface area contributed by atoms with Crippen molar-refractivity contribution in [3.8, 4) is 11.5 Å². The Balaban J connectivity index is 1.94. The number of anilines is 1. The molecule has 0 unspecified atom stereocenters. The van der Waals surface area contributed by atoms with Gasteiger partial charge < -0.3 is 14.4 Å². The Hall–Kier alpha value is -2.51. The van der Waals surface area contributed by atoms with Crippen LogP contribution in [0.25, 0.3) is 0 Å². The number of ether oxygens (including phenoxy) is 2. The number of carbonyl (C=O) groups excluding carboxylic acids is 1. The summed E-state index contributed by atoms with van der Waals surface area (Å²) in [7, 11) is -0.271. The molecule has 1 amide bonds. The Bertz CT molecular complexity index is 1060. The monoisotopic (exact) mass is 435 g/mol. The second kappa shape index (κ2) is 8.47. The SMILES string of the molecule is COc1ccc(CC(=O)N(c2ccc(C)c(Cl)c2)[C@H]2C=CS(=O)(=O)C2)cc1OC. The standard InChI is InChI=1S/C21H22ClNO5S/c1-14-4-6-16(12-18(14)22)23(17-8-9-29(25,26)13-17)21(24)11-15-5-7-19(27-2)20(10-15)28-3/h4-10,12,17H,11,13H2,1-3H3/t17-/m0/s1. The second-order valence-corrected chi connectivity index (χ2v) is 9.13. The zero-order chi connectivity index (χ0) is 21.2. The van der Waals surface area contributed by atoms with Gasteiger partial charge >= 0.3 is 0 Å². The molecule has 1 aliphatic heterocycles. The van der Waals surface area contributed by atoms with Gasteiger partial charge in [0.05, 0.1) is 32.4 Å². The van der Waals surface area contributed by atoms with Crippen molar-refractivity contribution in [3.05, 3.63) is 64.0 Å². The van der Waals surface area contributed by atoms with Crippen LogP contribution in [0.2, 0.25) is 5.02 Å². The van der Waals surface area contributed by atoms with E-state index in [4.69, 9.17) is 21.1 Å². The molecule has 0 saturated carbocycles. The molecule has 0 saturated heterocycles. The maximum absolute atomic E-state index is 13.2. The van der Waals surface area contributed by atoms with Crippen LogP contribution in [0.3, 0.4) is 0 Å². The summed E-state index contributed by atoms with van der Waals surface area (Å²) >= 11 is 6.25. The lowest BCUT2D eigenvalue weighted by Gasteiger charge is -2.28. The first-order chi connectivity index (χ1) is 13.7. The highest BCUT2D eigenvalue weighted by atomic mass is 35.5. The summed E-state index contributed by atoms with van der Waals surface area (Å²) in [6, 6.07) is 9.91. The van der Waals surface area contributed by atoms with Crippen LogP contribution in [0.4, 0.5) is 5.69 Å². The number of hydrogen-bond acceptors (Lipinski definition) is 5. The third-order valence-corrected chi connectivity index (χ3v) is 6.53. The first-order valence-corrected chi connectivity index (χ1v) is 11.0. The van der Waals surface area contributed by atoms with E-state index in [1.165, 1.54) is 18.1 Å². The Morgan fingerprint density at radius 2 is 1.86 bits per heavy atom. The molecule has 0 N–H and O–H groups in total. The van der Waals surface area contributed by atoms with Crippen molar-refractivity contribution in [2.45, 2.75) is 19.4 Å². The van der Waals surface area contributed by atoms with Crippen molar-refractivity contribution in [1.82, 2.24) is 0 Å². The van der Waals surface area contributed by atoms with Gasteiger partial charge in [0.1, 0.15) is 0 Å². The van der Waals surface area contributed by atoms with Crippen LogP contribution in [0.1, 0.15) is 11.1 Å². The van der Waals surface area contributed by atoms with Crippen molar-refractivity contribution in [3.63, 3.8) is 0 Å². The van der Waals surface area contributed by atoms with Crippen molar-refractivity contribution >= 4 is 33.0 Å². The Morgan fingerprint density at radius 1 is 1.14 bits per heavy atom. The first kappa shape index (κ1) is 21.2. The minimum Gasteiger partial charge on any atom is -0.493 e. The molecular weight excluding hydrogens is 414 g/mol. The van der Waals surface area contributed by atoms with Crippen LogP contribution in [-0.2, 0) is 21.1 Å². The largest absolute Gasteiger partial charge is 0.493 e. The van der Waals surface area contributed by atoms with Gasteiger partial charge in [0.2, 0.25) is 5.91 Å². The third kappa shape index (κ3) is 4.74. The summed E-state index contributed by atoms with van der Waals surface area (Å²) < 4.78 is 34.4. The van der Waals surface area contributed by atoms with E-state index in [9.17, 15) is 13.2 Å². The second-order valence-electron chi connectivity index (χ2n) is 6.79. The maximum atomic E-state index is 13.2. The van der Waals surface area contributed by atoms with E-state index in [0.717, 1.165) is 16.5 Å². The summed E-state index contributed by atoms with van der Waals surface area (Å²) in [5.41, 5.74) is 2.15. The summed E-state index contributed by atoms with van der Waals surface area (Å²) in [4.78, 5) is 14.7. The smallest absolute Gasteiger partial charge is 0.231 e. The number of amides is 1. The van der Waals surface area contributed by atoms with E-state index in [1.54, 1.807) is 37.4 Å². The predicted molar refractivity (Wildman–Crippen MR) is 114 cm³/mol. The van der Waals surface area contributed by atoms with Crippen molar-refractivity contribution in [1.29, 1.82) is 0 Å². The average Bonchev–Trinajstić information content (AvgIpc) is 3.03. The zero-order valence-corrected chi connectivity index (χ0v) is 18.0. The molecule has 8 heteroatoms. The summed E-state index contributed by atoms with van der Waals surface area (Å²) in [6.45, 7) is 1.86. The highest BCUT2D eigenvalue weighted by Gasteiger charge is 2.31. The molecule has 1 heterocycles. The quantitative estimate of drug-likeness (QED) is 0.693. The maximum Gasteiger partial charge on any atom is 0.231 e. The number of aryl methyl sites for hydroxylation is 1. The van der Waals surface area contributed by atoms with Gasteiger partial charge in [0.15, 0.2) is 21.3 Å². The predicted octanol–water partition coefficient (Wildman–Crippen LogP) is 3.55. The van der Waals surface area contributed by atoms with Gasteiger partial charge in [-0.1, -0.05) is 23.7 Å². The fourth-order valence-electron chi connectivity index (χ4n) is 3.22. The molecule has 2 aromatic carbocycles. The van der Waals surface area contributed by atoms with E-state index in [0.29, 0.717) is 22.2 Å².